The fourth-order valence-corrected chi connectivity index (χ4v) is 2.72. The molecule has 0 aromatic carbocycles. The Bertz CT molecular complexity index is 174. The largest absolute Gasteiger partial charge is 0.299 e. The van der Waals surface area contributed by atoms with Crippen molar-refractivity contribution >= 4 is 5.78 Å². The minimum atomic E-state index is 0.432. The first-order chi connectivity index (χ1) is 6.79. The predicted octanol–water partition coefficient (Wildman–Crippen LogP) is 3.96. The summed E-state index contributed by atoms with van der Waals surface area (Å²) < 4.78 is 0. The lowest BCUT2D eigenvalue weighted by Crippen LogP contribution is -2.18. The molecule has 1 heteroatoms. The molecule has 0 aromatic heterocycles. The molecule has 0 saturated heterocycles. The molecule has 1 aliphatic rings. The summed E-state index contributed by atoms with van der Waals surface area (Å²) in [5.41, 5.74) is 0. The van der Waals surface area contributed by atoms with Gasteiger partial charge in [-0.05, 0) is 25.2 Å². The van der Waals surface area contributed by atoms with E-state index in [1.54, 1.807) is 0 Å². The number of hydrogen-bond acceptors (Lipinski definition) is 1. The number of rotatable bonds is 6. The molecule has 0 heterocycles. The lowest BCUT2D eigenvalue weighted by molar-refractivity contribution is -0.122. The number of Topliss-reactive ketones (excluding diaryl/α,β-unsaturated/α-hetero) is 1. The van der Waals surface area contributed by atoms with E-state index >= 15 is 0 Å². The van der Waals surface area contributed by atoms with E-state index in [-0.39, 0.29) is 0 Å². The Labute approximate surface area is 88.3 Å². The van der Waals surface area contributed by atoms with Crippen molar-refractivity contribution in [2.75, 3.05) is 0 Å². The zero-order valence-corrected chi connectivity index (χ0v) is 9.72. The van der Waals surface area contributed by atoms with Crippen molar-refractivity contribution < 1.29 is 4.79 Å². The molecule has 0 N–H and O–H groups in total. The molecule has 0 aromatic rings. The molecule has 0 spiro atoms. The Kier molecular flexibility index (Phi) is 5.21. The maximum absolute atomic E-state index is 11.7. The van der Waals surface area contributed by atoms with Gasteiger partial charge in [-0.3, -0.25) is 4.79 Å². The Hall–Kier alpha value is -0.330. The number of carbonyl (C=O) groups is 1. The molecule has 0 amide bonds. The molecule has 1 nitrogen and oxygen atoms in total. The summed E-state index contributed by atoms with van der Waals surface area (Å²) >= 11 is 0. The van der Waals surface area contributed by atoms with Crippen LogP contribution in [0.1, 0.15) is 65.2 Å². The SMILES string of the molecule is CCCCC(CCC)C1CCCC1=O. The Balaban J connectivity index is 2.43. The van der Waals surface area contributed by atoms with E-state index in [2.05, 4.69) is 13.8 Å². The van der Waals surface area contributed by atoms with Gasteiger partial charge in [-0.25, -0.2) is 0 Å². The van der Waals surface area contributed by atoms with Crippen LogP contribution in [-0.4, -0.2) is 5.78 Å². The van der Waals surface area contributed by atoms with Gasteiger partial charge in [0.1, 0.15) is 5.78 Å². The average Bonchev–Trinajstić information content (AvgIpc) is 2.59. The minimum absolute atomic E-state index is 0.432. The van der Waals surface area contributed by atoms with Crippen LogP contribution in [0.15, 0.2) is 0 Å². The molecule has 2 atom stereocenters. The lowest BCUT2D eigenvalue weighted by Gasteiger charge is -2.21. The van der Waals surface area contributed by atoms with Crippen LogP contribution in [-0.2, 0) is 4.79 Å². The van der Waals surface area contributed by atoms with Gasteiger partial charge in [-0.1, -0.05) is 39.5 Å². The van der Waals surface area contributed by atoms with Crippen molar-refractivity contribution in [3.05, 3.63) is 0 Å². The van der Waals surface area contributed by atoms with Crippen LogP contribution < -0.4 is 0 Å². The minimum Gasteiger partial charge on any atom is -0.299 e. The highest BCUT2D eigenvalue weighted by atomic mass is 16.1. The zero-order chi connectivity index (χ0) is 10.4. The maximum atomic E-state index is 11.7. The smallest absolute Gasteiger partial charge is 0.136 e. The first-order valence-electron chi connectivity index (χ1n) is 6.32. The Morgan fingerprint density at radius 3 is 2.57 bits per heavy atom. The molecule has 0 aliphatic heterocycles. The summed E-state index contributed by atoms with van der Waals surface area (Å²) in [5, 5.41) is 0. The Morgan fingerprint density at radius 1 is 1.29 bits per heavy atom. The van der Waals surface area contributed by atoms with Gasteiger partial charge in [0.25, 0.3) is 0 Å². The Morgan fingerprint density at radius 2 is 2.07 bits per heavy atom. The molecule has 0 bridgehead atoms. The van der Waals surface area contributed by atoms with E-state index in [1.165, 1.54) is 38.5 Å². The van der Waals surface area contributed by atoms with Crippen LogP contribution in [0, 0.1) is 11.8 Å². The quantitative estimate of drug-likeness (QED) is 0.628. The molecule has 14 heavy (non-hydrogen) atoms. The fourth-order valence-electron chi connectivity index (χ4n) is 2.72. The molecule has 1 fully saturated rings. The summed E-state index contributed by atoms with van der Waals surface area (Å²) in [5.74, 6) is 1.69. The van der Waals surface area contributed by atoms with Crippen molar-refractivity contribution in [3.63, 3.8) is 0 Å². The van der Waals surface area contributed by atoms with E-state index in [0.29, 0.717) is 17.6 Å². The predicted molar refractivity (Wildman–Crippen MR) is 60.3 cm³/mol. The molecule has 82 valence electrons. The normalized spacial score (nSPS) is 24.1. The van der Waals surface area contributed by atoms with Crippen LogP contribution in [0.4, 0.5) is 0 Å². The summed E-state index contributed by atoms with van der Waals surface area (Å²) in [6, 6.07) is 0. The monoisotopic (exact) mass is 196 g/mol. The average molecular weight is 196 g/mol. The molecule has 0 radical (unpaired) electrons. The maximum Gasteiger partial charge on any atom is 0.136 e. The molecule has 1 saturated carbocycles. The zero-order valence-electron chi connectivity index (χ0n) is 9.72. The second kappa shape index (κ2) is 6.21. The number of ketones is 1. The van der Waals surface area contributed by atoms with Gasteiger partial charge >= 0.3 is 0 Å². The van der Waals surface area contributed by atoms with Gasteiger partial charge in [0.2, 0.25) is 0 Å². The summed E-state index contributed by atoms with van der Waals surface area (Å²) in [6.07, 6.45) is 9.52. The topological polar surface area (TPSA) is 17.1 Å². The van der Waals surface area contributed by atoms with Gasteiger partial charge in [-0.2, -0.15) is 0 Å². The first kappa shape index (κ1) is 11.7. The van der Waals surface area contributed by atoms with E-state index in [4.69, 9.17) is 0 Å². The van der Waals surface area contributed by atoms with Crippen LogP contribution >= 0.6 is 0 Å². The standard InChI is InChI=1S/C13H24O/c1-3-5-8-11(7-4-2)12-9-6-10-13(12)14/h11-12H,3-10H2,1-2H3. The second-order valence-electron chi connectivity index (χ2n) is 4.66. The molecular formula is C13H24O. The van der Waals surface area contributed by atoms with Crippen molar-refractivity contribution in [2.45, 2.75) is 65.2 Å². The van der Waals surface area contributed by atoms with Crippen LogP contribution in [0.5, 0.6) is 0 Å². The number of unbranched alkanes of at least 4 members (excludes halogenated alkanes) is 1. The third-order valence-corrected chi connectivity index (χ3v) is 3.51. The van der Waals surface area contributed by atoms with E-state index in [0.717, 1.165) is 12.8 Å². The van der Waals surface area contributed by atoms with Gasteiger partial charge in [0, 0.05) is 12.3 Å². The van der Waals surface area contributed by atoms with Crippen LogP contribution in [0.25, 0.3) is 0 Å². The molecule has 2 unspecified atom stereocenters. The highest BCUT2D eigenvalue weighted by Gasteiger charge is 2.30. The van der Waals surface area contributed by atoms with E-state index < -0.39 is 0 Å². The van der Waals surface area contributed by atoms with Crippen molar-refractivity contribution in [1.29, 1.82) is 0 Å². The first-order valence-corrected chi connectivity index (χ1v) is 6.32. The van der Waals surface area contributed by atoms with Gasteiger partial charge in [0.15, 0.2) is 0 Å². The fraction of sp³-hybridized carbons (Fsp3) is 0.923. The summed E-state index contributed by atoms with van der Waals surface area (Å²) in [7, 11) is 0. The van der Waals surface area contributed by atoms with E-state index in [9.17, 15) is 4.79 Å². The highest BCUT2D eigenvalue weighted by Crippen LogP contribution is 2.33. The van der Waals surface area contributed by atoms with Gasteiger partial charge < -0.3 is 0 Å². The third kappa shape index (κ3) is 3.11. The molecular weight excluding hydrogens is 172 g/mol. The van der Waals surface area contributed by atoms with Crippen LogP contribution in [0.2, 0.25) is 0 Å². The van der Waals surface area contributed by atoms with Crippen molar-refractivity contribution in [3.8, 4) is 0 Å². The highest BCUT2D eigenvalue weighted by molar-refractivity contribution is 5.83. The summed E-state index contributed by atoms with van der Waals surface area (Å²) in [6.45, 7) is 4.47. The van der Waals surface area contributed by atoms with Crippen molar-refractivity contribution in [1.82, 2.24) is 0 Å². The van der Waals surface area contributed by atoms with Gasteiger partial charge in [0.05, 0.1) is 0 Å². The van der Waals surface area contributed by atoms with E-state index in [1.807, 2.05) is 0 Å². The number of hydrogen-bond donors (Lipinski definition) is 0. The van der Waals surface area contributed by atoms with Crippen molar-refractivity contribution in [2.24, 2.45) is 11.8 Å². The van der Waals surface area contributed by atoms with Crippen LogP contribution in [0.3, 0.4) is 0 Å². The second-order valence-corrected chi connectivity index (χ2v) is 4.66. The van der Waals surface area contributed by atoms with Gasteiger partial charge in [-0.15, -0.1) is 0 Å². The number of carbonyl (C=O) groups excluding carboxylic acids is 1. The third-order valence-electron chi connectivity index (χ3n) is 3.51. The molecule has 1 aliphatic carbocycles. The molecule has 1 rings (SSSR count). The lowest BCUT2D eigenvalue weighted by atomic mass is 9.83. The summed E-state index contributed by atoms with van der Waals surface area (Å²) in [4.78, 5) is 11.7.